The minimum atomic E-state index is -0.928. The standard InChI is InChI=1S/C28H38ClN3O4/c1-8-9-16-32(26(34)20(4)30-27(35)36-28(5,6)7)24(21-14-10-12-18(2)17-21)25(33)31-23-19(3)13-11-15-22(23)29/h10-15,17,20,24H,8-9,16H2,1-7H3,(H,30,35)(H,31,33). The number of alkyl carbamates (subject to hydrolysis) is 1. The molecule has 2 atom stereocenters. The Balaban J connectivity index is 2.46. The number of ether oxygens (including phenoxy) is 1. The van der Waals surface area contributed by atoms with E-state index in [1.54, 1.807) is 33.8 Å². The molecule has 2 N–H and O–H groups in total. The van der Waals surface area contributed by atoms with E-state index in [9.17, 15) is 14.4 Å². The van der Waals surface area contributed by atoms with Crippen LogP contribution in [0.4, 0.5) is 10.5 Å². The summed E-state index contributed by atoms with van der Waals surface area (Å²) >= 11 is 6.38. The van der Waals surface area contributed by atoms with Gasteiger partial charge in [0.2, 0.25) is 5.91 Å². The number of aryl methyl sites for hydroxylation is 2. The normalized spacial score (nSPS) is 12.9. The summed E-state index contributed by atoms with van der Waals surface area (Å²) in [5, 5.41) is 5.97. The van der Waals surface area contributed by atoms with Gasteiger partial charge >= 0.3 is 6.09 Å². The molecule has 196 valence electrons. The van der Waals surface area contributed by atoms with Gasteiger partial charge in [-0.2, -0.15) is 0 Å². The Labute approximate surface area is 219 Å². The number of rotatable bonds is 9. The first-order chi connectivity index (χ1) is 16.8. The lowest BCUT2D eigenvalue weighted by Gasteiger charge is -2.34. The third-order valence-electron chi connectivity index (χ3n) is 5.53. The fourth-order valence-corrected chi connectivity index (χ4v) is 4.05. The average Bonchev–Trinajstić information content (AvgIpc) is 2.77. The summed E-state index contributed by atoms with van der Waals surface area (Å²) in [6.45, 7) is 13.0. The van der Waals surface area contributed by atoms with Crippen LogP contribution in [0.25, 0.3) is 0 Å². The molecule has 8 heteroatoms. The molecular weight excluding hydrogens is 478 g/mol. The van der Waals surface area contributed by atoms with Gasteiger partial charge in [0.25, 0.3) is 5.91 Å². The number of para-hydroxylation sites is 1. The van der Waals surface area contributed by atoms with E-state index < -0.39 is 23.8 Å². The first kappa shape index (κ1) is 29.2. The van der Waals surface area contributed by atoms with E-state index in [2.05, 4.69) is 10.6 Å². The smallest absolute Gasteiger partial charge is 0.408 e. The van der Waals surface area contributed by atoms with Crippen molar-refractivity contribution < 1.29 is 19.1 Å². The molecule has 2 aromatic carbocycles. The van der Waals surface area contributed by atoms with E-state index in [4.69, 9.17) is 16.3 Å². The highest BCUT2D eigenvalue weighted by atomic mass is 35.5. The number of halogens is 1. The van der Waals surface area contributed by atoms with Crippen LogP contribution >= 0.6 is 11.6 Å². The van der Waals surface area contributed by atoms with Crippen LogP contribution in [0.1, 0.15) is 70.2 Å². The van der Waals surface area contributed by atoms with Gasteiger partial charge in [-0.25, -0.2) is 4.79 Å². The maximum Gasteiger partial charge on any atom is 0.408 e. The van der Waals surface area contributed by atoms with Crippen LogP contribution in [0.3, 0.4) is 0 Å². The summed E-state index contributed by atoms with van der Waals surface area (Å²) in [6.07, 6.45) is 0.816. The fraction of sp³-hybridized carbons (Fsp3) is 0.464. The monoisotopic (exact) mass is 515 g/mol. The first-order valence-corrected chi connectivity index (χ1v) is 12.6. The summed E-state index contributed by atoms with van der Waals surface area (Å²) < 4.78 is 5.32. The molecule has 3 amide bonds. The number of unbranched alkanes of at least 4 members (excludes halogenated alkanes) is 1. The third-order valence-corrected chi connectivity index (χ3v) is 5.84. The molecule has 0 spiro atoms. The highest BCUT2D eigenvalue weighted by Crippen LogP contribution is 2.30. The Morgan fingerprint density at radius 2 is 1.75 bits per heavy atom. The van der Waals surface area contributed by atoms with Crippen molar-refractivity contribution in [1.82, 2.24) is 10.2 Å². The van der Waals surface area contributed by atoms with Crippen molar-refractivity contribution in [2.45, 2.75) is 79.0 Å². The zero-order valence-corrected chi connectivity index (χ0v) is 23.0. The largest absolute Gasteiger partial charge is 0.444 e. The van der Waals surface area contributed by atoms with Crippen molar-refractivity contribution in [3.63, 3.8) is 0 Å². The van der Waals surface area contributed by atoms with E-state index in [0.717, 1.165) is 17.5 Å². The lowest BCUT2D eigenvalue weighted by Crippen LogP contribution is -2.51. The molecule has 0 saturated carbocycles. The Morgan fingerprint density at radius 1 is 1.08 bits per heavy atom. The Hall–Kier alpha value is -3.06. The molecule has 0 aliphatic carbocycles. The number of carbonyl (C=O) groups excluding carboxylic acids is 3. The number of nitrogens with one attached hydrogen (secondary N) is 2. The Morgan fingerprint density at radius 3 is 2.33 bits per heavy atom. The quantitative estimate of drug-likeness (QED) is 0.417. The molecule has 0 bridgehead atoms. The average molecular weight is 516 g/mol. The zero-order chi connectivity index (χ0) is 27.0. The third kappa shape index (κ3) is 8.26. The van der Waals surface area contributed by atoms with Gasteiger partial charge in [0.05, 0.1) is 10.7 Å². The molecule has 2 rings (SSSR count). The molecular formula is C28H38ClN3O4. The Bertz CT molecular complexity index is 1060. The minimum Gasteiger partial charge on any atom is -0.444 e. The van der Waals surface area contributed by atoms with Crippen molar-refractivity contribution in [2.24, 2.45) is 0 Å². The van der Waals surface area contributed by atoms with Crippen molar-refractivity contribution >= 4 is 35.2 Å². The predicted octanol–water partition coefficient (Wildman–Crippen LogP) is 6.18. The predicted molar refractivity (Wildman–Crippen MR) is 144 cm³/mol. The number of anilines is 1. The molecule has 2 aromatic rings. The van der Waals surface area contributed by atoms with Crippen molar-refractivity contribution in [1.29, 1.82) is 0 Å². The van der Waals surface area contributed by atoms with Crippen LogP contribution in [-0.2, 0) is 14.3 Å². The summed E-state index contributed by atoms with van der Waals surface area (Å²) in [5.41, 5.74) is 2.24. The molecule has 0 heterocycles. The van der Waals surface area contributed by atoms with E-state index in [1.807, 2.05) is 57.2 Å². The SMILES string of the molecule is CCCCN(C(=O)C(C)NC(=O)OC(C)(C)C)C(C(=O)Nc1c(C)cccc1Cl)c1cccc(C)c1. The maximum absolute atomic E-state index is 13.8. The van der Waals surface area contributed by atoms with E-state index >= 15 is 0 Å². The summed E-state index contributed by atoms with van der Waals surface area (Å²) in [7, 11) is 0. The second kappa shape index (κ2) is 12.8. The highest BCUT2D eigenvalue weighted by molar-refractivity contribution is 6.34. The van der Waals surface area contributed by atoms with E-state index in [0.29, 0.717) is 29.2 Å². The number of nitrogens with zero attached hydrogens (tertiary/aromatic N) is 1. The molecule has 0 fully saturated rings. The number of amides is 3. The van der Waals surface area contributed by atoms with Crippen molar-refractivity contribution in [2.75, 3.05) is 11.9 Å². The second-order valence-corrected chi connectivity index (χ2v) is 10.4. The van der Waals surface area contributed by atoms with Crippen molar-refractivity contribution in [3.05, 3.63) is 64.2 Å². The van der Waals surface area contributed by atoms with E-state index in [1.165, 1.54) is 4.90 Å². The second-order valence-electron chi connectivity index (χ2n) is 9.99. The molecule has 0 aromatic heterocycles. The summed E-state index contributed by atoms with van der Waals surface area (Å²) in [6, 6.07) is 11.1. The summed E-state index contributed by atoms with van der Waals surface area (Å²) in [5.74, 6) is -0.766. The van der Waals surface area contributed by atoms with Gasteiger partial charge in [-0.1, -0.05) is 66.9 Å². The van der Waals surface area contributed by atoms with Crippen LogP contribution in [0, 0.1) is 13.8 Å². The number of carbonyl (C=O) groups is 3. The highest BCUT2D eigenvalue weighted by Gasteiger charge is 2.35. The van der Waals surface area contributed by atoms with Gasteiger partial charge < -0.3 is 20.3 Å². The van der Waals surface area contributed by atoms with Gasteiger partial charge in [-0.05, 0) is 65.2 Å². The molecule has 0 radical (unpaired) electrons. The molecule has 0 saturated heterocycles. The molecule has 7 nitrogen and oxygen atoms in total. The molecule has 2 unspecified atom stereocenters. The van der Waals surface area contributed by atoms with Crippen LogP contribution in [0.5, 0.6) is 0 Å². The zero-order valence-electron chi connectivity index (χ0n) is 22.3. The first-order valence-electron chi connectivity index (χ1n) is 12.3. The number of hydrogen-bond donors (Lipinski definition) is 2. The molecule has 0 aliphatic rings. The lowest BCUT2D eigenvalue weighted by molar-refractivity contribution is -0.140. The van der Waals surface area contributed by atoms with Gasteiger partial charge in [0.15, 0.2) is 0 Å². The van der Waals surface area contributed by atoms with Crippen LogP contribution in [0.2, 0.25) is 5.02 Å². The van der Waals surface area contributed by atoms with Gasteiger partial charge in [0, 0.05) is 6.54 Å². The lowest BCUT2D eigenvalue weighted by atomic mass is 10.00. The van der Waals surface area contributed by atoms with Gasteiger partial charge in [-0.15, -0.1) is 0 Å². The van der Waals surface area contributed by atoms with Gasteiger partial charge in [-0.3, -0.25) is 9.59 Å². The topological polar surface area (TPSA) is 87.7 Å². The Kier molecular flexibility index (Phi) is 10.3. The van der Waals surface area contributed by atoms with Crippen molar-refractivity contribution in [3.8, 4) is 0 Å². The van der Waals surface area contributed by atoms with Gasteiger partial charge in [0.1, 0.15) is 17.7 Å². The number of hydrogen-bond acceptors (Lipinski definition) is 4. The minimum absolute atomic E-state index is 0.337. The number of benzene rings is 2. The maximum atomic E-state index is 13.8. The van der Waals surface area contributed by atoms with Crippen LogP contribution in [-0.4, -0.2) is 41.0 Å². The summed E-state index contributed by atoms with van der Waals surface area (Å²) in [4.78, 5) is 41.4. The molecule has 0 aliphatic heterocycles. The van der Waals surface area contributed by atoms with E-state index in [-0.39, 0.29) is 11.8 Å². The van der Waals surface area contributed by atoms with Crippen LogP contribution < -0.4 is 10.6 Å². The fourth-order valence-electron chi connectivity index (χ4n) is 3.78. The molecule has 36 heavy (non-hydrogen) atoms. The van der Waals surface area contributed by atoms with Crippen LogP contribution in [0.15, 0.2) is 42.5 Å².